The summed E-state index contributed by atoms with van der Waals surface area (Å²) >= 11 is 1.35. The number of piperidine rings is 1. The Kier molecular flexibility index (Phi) is 3.53. The summed E-state index contributed by atoms with van der Waals surface area (Å²) in [5.41, 5.74) is 6.24. The molecule has 2 N–H and O–H groups in total. The molecule has 92 valence electrons. The zero-order valence-corrected chi connectivity index (χ0v) is 11.1. The zero-order chi connectivity index (χ0) is 12.4. The van der Waals surface area contributed by atoms with E-state index in [9.17, 15) is 0 Å². The standard InChI is InChI=1S/C12H18N4S/c1-8(2)9-3-5-16(6-4-9)12-10(7-13)11(14)15-17-12/h8-9H,3-6H2,1-2H3,(H2,14,15). The van der Waals surface area contributed by atoms with Crippen molar-refractivity contribution >= 4 is 22.4 Å². The zero-order valence-electron chi connectivity index (χ0n) is 10.3. The van der Waals surface area contributed by atoms with E-state index < -0.39 is 0 Å². The third kappa shape index (κ3) is 2.37. The fourth-order valence-corrected chi connectivity index (χ4v) is 3.20. The van der Waals surface area contributed by atoms with Gasteiger partial charge in [-0.3, -0.25) is 0 Å². The van der Waals surface area contributed by atoms with Crippen LogP contribution in [0.5, 0.6) is 0 Å². The smallest absolute Gasteiger partial charge is 0.157 e. The minimum absolute atomic E-state index is 0.374. The van der Waals surface area contributed by atoms with Crippen molar-refractivity contribution in [2.45, 2.75) is 26.7 Å². The monoisotopic (exact) mass is 250 g/mol. The molecular weight excluding hydrogens is 232 g/mol. The number of anilines is 2. The first-order chi connectivity index (χ1) is 8.13. The third-order valence-corrected chi connectivity index (χ3v) is 4.51. The Hall–Kier alpha value is -1.28. The highest BCUT2D eigenvalue weighted by Gasteiger charge is 2.25. The van der Waals surface area contributed by atoms with Crippen LogP contribution in [-0.4, -0.2) is 17.5 Å². The number of nitrogens with zero attached hydrogens (tertiary/aromatic N) is 3. The van der Waals surface area contributed by atoms with Crippen molar-refractivity contribution in [3.63, 3.8) is 0 Å². The Morgan fingerprint density at radius 1 is 1.47 bits per heavy atom. The van der Waals surface area contributed by atoms with Crippen molar-refractivity contribution in [2.75, 3.05) is 23.7 Å². The molecule has 0 unspecified atom stereocenters. The lowest BCUT2D eigenvalue weighted by Crippen LogP contribution is -2.35. The van der Waals surface area contributed by atoms with Crippen LogP contribution in [0.15, 0.2) is 0 Å². The second-order valence-electron chi connectivity index (χ2n) is 4.93. The van der Waals surface area contributed by atoms with E-state index in [2.05, 4.69) is 29.2 Å². The molecule has 1 aromatic heterocycles. The molecule has 4 nitrogen and oxygen atoms in total. The van der Waals surface area contributed by atoms with Gasteiger partial charge in [-0.25, -0.2) is 0 Å². The van der Waals surface area contributed by atoms with Crippen LogP contribution in [-0.2, 0) is 0 Å². The van der Waals surface area contributed by atoms with Crippen molar-refractivity contribution in [3.05, 3.63) is 5.56 Å². The topological polar surface area (TPSA) is 65.9 Å². The number of hydrogen-bond donors (Lipinski definition) is 1. The maximum absolute atomic E-state index is 9.07. The van der Waals surface area contributed by atoms with Gasteiger partial charge in [0.1, 0.15) is 16.6 Å². The third-order valence-electron chi connectivity index (χ3n) is 3.58. The summed E-state index contributed by atoms with van der Waals surface area (Å²) in [4.78, 5) is 2.26. The molecular formula is C12H18N4S. The lowest BCUT2D eigenvalue weighted by molar-refractivity contribution is 0.312. The highest BCUT2D eigenvalue weighted by Crippen LogP contribution is 2.34. The molecule has 0 amide bonds. The predicted molar refractivity (Wildman–Crippen MR) is 71.0 cm³/mol. The second kappa shape index (κ2) is 4.92. The molecule has 1 fully saturated rings. The number of hydrogen-bond acceptors (Lipinski definition) is 5. The SMILES string of the molecule is CC(C)C1CCN(c2snc(N)c2C#N)CC1. The van der Waals surface area contributed by atoms with Gasteiger partial charge >= 0.3 is 0 Å². The first kappa shape index (κ1) is 12.2. The molecule has 0 saturated carbocycles. The number of nitriles is 1. The van der Waals surface area contributed by atoms with E-state index in [4.69, 9.17) is 11.0 Å². The summed E-state index contributed by atoms with van der Waals surface area (Å²) in [6, 6.07) is 2.16. The van der Waals surface area contributed by atoms with Crippen LogP contribution < -0.4 is 10.6 Å². The van der Waals surface area contributed by atoms with E-state index in [0.717, 1.165) is 29.9 Å². The predicted octanol–water partition coefficient (Wildman–Crippen LogP) is 2.47. The van der Waals surface area contributed by atoms with Crippen LogP contribution in [0, 0.1) is 23.2 Å². The lowest BCUT2D eigenvalue weighted by Gasteiger charge is -2.34. The molecule has 0 aromatic carbocycles. The molecule has 0 spiro atoms. The average molecular weight is 250 g/mol. The Balaban J connectivity index is 2.08. The largest absolute Gasteiger partial charge is 0.382 e. The minimum atomic E-state index is 0.374. The van der Waals surface area contributed by atoms with Crippen LogP contribution in [0.25, 0.3) is 0 Å². The van der Waals surface area contributed by atoms with E-state index in [1.165, 1.54) is 24.4 Å². The van der Waals surface area contributed by atoms with Gasteiger partial charge in [-0.05, 0) is 36.2 Å². The van der Waals surface area contributed by atoms with Crippen molar-refractivity contribution in [3.8, 4) is 6.07 Å². The highest BCUT2D eigenvalue weighted by molar-refractivity contribution is 7.10. The molecule has 0 atom stereocenters. The molecule has 1 aromatic rings. The molecule has 5 heteroatoms. The number of nitrogen functional groups attached to an aromatic ring is 1. The van der Waals surface area contributed by atoms with Gasteiger partial charge in [-0.1, -0.05) is 13.8 Å². The highest BCUT2D eigenvalue weighted by atomic mass is 32.1. The fourth-order valence-electron chi connectivity index (χ4n) is 2.38. The summed E-state index contributed by atoms with van der Waals surface area (Å²) < 4.78 is 4.07. The minimum Gasteiger partial charge on any atom is -0.382 e. The quantitative estimate of drug-likeness (QED) is 0.875. The Morgan fingerprint density at radius 2 is 2.12 bits per heavy atom. The van der Waals surface area contributed by atoms with E-state index in [0.29, 0.717) is 11.4 Å². The van der Waals surface area contributed by atoms with Crippen molar-refractivity contribution in [2.24, 2.45) is 11.8 Å². The Bertz CT molecular complexity index is 424. The maximum Gasteiger partial charge on any atom is 0.157 e. The fraction of sp³-hybridized carbons (Fsp3) is 0.667. The first-order valence-electron chi connectivity index (χ1n) is 6.03. The number of aromatic nitrogens is 1. The van der Waals surface area contributed by atoms with E-state index in [-0.39, 0.29) is 0 Å². The summed E-state index contributed by atoms with van der Waals surface area (Å²) in [6.45, 7) is 6.59. The number of nitrogens with two attached hydrogens (primary N) is 1. The molecule has 17 heavy (non-hydrogen) atoms. The Morgan fingerprint density at radius 3 is 2.65 bits per heavy atom. The summed E-state index contributed by atoms with van der Waals surface area (Å²) in [6.07, 6.45) is 2.39. The van der Waals surface area contributed by atoms with Gasteiger partial charge in [0.05, 0.1) is 0 Å². The summed E-state index contributed by atoms with van der Waals surface area (Å²) in [5.74, 6) is 1.93. The van der Waals surface area contributed by atoms with Crippen LogP contribution in [0.3, 0.4) is 0 Å². The normalized spacial score (nSPS) is 17.4. The van der Waals surface area contributed by atoms with Crippen LogP contribution in [0.4, 0.5) is 10.8 Å². The van der Waals surface area contributed by atoms with Crippen LogP contribution >= 0.6 is 11.5 Å². The van der Waals surface area contributed by atoms with Crippen molar-refractivity contribution in [1.82, 2.24) is 4.37 Å². The van der Waals surface area contributed by atoms with Crippen molar-refractivity contribution < 1.29 is 0 Å². The van der Waals surface area contributed by atoms with Crippen molar-refractivity contribution in [1.29, 1.82) is 5.26 Å². The number of rotatable bonds is 2. The average Bonchev–Trinajstić information content (AvgIpc) is 2.70. The second-order valence-corrected chi connectivity index (χ2v) is 5.68. The van der Waals surface area contributed by atoms with Gasteiger partial charge in [0, 0.05) is 13.1 Å². The Labute approximate surface area is 106 Å². The summed E-state index contributed by atoms with van der Waals surface area (Å²) in [5, 5.41) is 10.0. The van der Waals surface area contributed by atoms with Gasteiger partial charge < -0.3 is 10.6 Å². The van der Waals surface area contributed by atoms with E-state index >= 15 is 0 Å². The first-order valence-corrected chi connectivity index (χ1v) is 6.81. The van der Waals surface area contributed by atoms with Gasteiger partial charge in [-0.15, -0.1) is 0 Å². The molecule has 2 rings (SSSR count). The molecule has 0 bridgehead atoms. The van der Waals surface area contributed by atoms with Gasteiger partial charge in [0.15, 0.2) is 5.82 Å². The van der Waals surface area contributed by atoms with E-state index in [1.807, 2.05) is 0 Å². The van der Waals surface area contributed by atoms with Gasteiger partial charge in [0.2, 0.25) is 0 Å². The lowest BCUT2D eigenvalue weighted by atomic mass is 9.87. The van der Waals surface area contributed by atoms with E-state index in [1.54, 1.807) is 0 Å². The molecule has 1 aliphatic heterocycles. The summed E-state index contributed by atoms with van der Waals surface area (Å²) in [7, 11) is 0. The molecule has 1 aliphatic rings. The molecule has 0 aliphatic carbocycles. The maximum atomic E-state index is 9.07. The van der Waals surface area contributed by atoms with Gasteiger partial charge in [-0.2, -0.15) is 9.64 Å². The van der Waals surface area contributed by atoms with Crippen LogP contribution in [0.1, 0.15) is 32.3 Å². The molecule has 1 saturated heterocycles. The van der Waals surface area contributed by atoms with Gasteiger partial charge in [0.25, 0.3) is 0 Å². The molecule has 0 radical (unpaired) electrons. The molecule has 2 heterocycles. The van der Waals surface area contributed by atoms with Crippen LogP contribution in [0.2, 0.25) is 0 Å².